The van der Waals surface area contributed by atoms with Crippen LogP contribution in [0.1, 0.15) is 35.7 Å². The Bertz CT molecular complexity index is 733. The minimum atomic E-state index is -4.46. The van der Waals surface area contributed by atoms with E-state index in [1.165, 1.54) is 24.4 Å². The molecule has 0 atom stereocenters. The summed E-state index contributed by atoms with van der Waals surface area (Å²) in [5.41, 5.74) is -0.354. The number of hydrogen-bond donors (Lipinski definition) is 2. The Morgan fingerprint density at radius 1 is 1.24 bits per heavy atom. The van der Waals surface area contributed by atoms with Crippen molar-refractivity contribution >= 4 is 29.0 Å². The van der Waals surface area contributed by atoms with Gasteiger partial charge in [0.15, 0.2) is 0 Å². The van der Waals surface area contributed by atoms with E-state index < -0.39 is 11.7 Å². The lowest BCUT2D eigenvalue weighted by Crippen LogP contribution is -2.24. The number of hydrogen-bond acceptors (Lipinski definition) is 3. The summed E-state index contributed by atoms with van der Waals surface area (Å²) in [6, 6.07) is 6.03. The SMILES string of the molecule is CCCCNC(=O)c1ccc(Nc2cc(C(F)(F)F)ccc2Cl)nc1. The average molecular weight is 372 g/mol. The molecule has 0 aliphatic rings. The first-order valence-corrected chi connectivity index (χ1v) is 8.07. The van der Waals surface area contributed by atoms with E-state index in [0.717, 1.165) is 25.0 Å². The largest absolute Gasteiger partial charge is 0.416 e. The molecule has 0 saturated heterocycles. The molecule has 0 fully saturated rings. The Morgan fingerprint density at radius 3 is 2.60 bits per heavy atom. The fourth-order valence-electron chi connectivity index (χ4n) is 2.02. The molecule has 134 valence electrons. The third-order valence-corrected chi connectivity index (χ3v) is 3.73. The van der Waals surface area contributed by atoms with Gasteiger partial charge < -0.3 is 10.6 Å². The van der Waals surface area contributed by atoms with E-state index in [1.54, 1.807) is 0 Å². The number of unbranched alkanes of at least 4 members (excludes halogenated alkanes) is 1. The van der Waals surface area contributed by atoms with Crippen LogP contribution >= 0.6 is 11.6 Å². The van der Waals surface area contributed by atoms with Crippen molar-refractivity contribution in [1.82, 2.24) is 10.3 Å². The molecule has 0 spiro atoms. The Morgan fingerprint density at radius 2 is 2.00 bits per heavy atom. The number of alkyl halides is 3. The fourth-order valence-corrected chi connectivity index (χ4v) is 2.18. The molecule has 2 N–H and O–H groups in total. The summed E-state index contributed by atoms with van der Waals surface area (Å²) >= 11 is 5.93. The van der Waals surface area contributed by atoms with Crippen molar-refractivity contribution in [3.05, 3.63) is 52.7 Å². The summed E-state index contributed by atoms with van der Waals surface area (Å²) in [5.74, 6) is 0.0379. The molecule has 0 aliphatic carbocycles. The molecule has 2 rings (SSSR count). The maximum atomic E-state index is 12.8. The number of aromatic nitrogens is 1. The van der Waals surface area contributed by atoms with Crippen LogP contribution in [0.15, 0.2) is 36.5 Å². The molecule has 8 heteroatoms. The minimum absolute atomic E-state index is 0.0872. The van der Waals surface area contributed by atoms with Gasteiger partial charge in [-0.05, 0) is 36.8 Å². The molecule has 1 aromatic heterocycles. The number of amides is 1. The maximum absolute atomic E-state index is 12.8. The summed E-state index contributed by atoms with van der Waals surface area (Å²) in [7, 11) is 0. The first-order chi connectivity index (χ1) is 11.8. The van der Waals surface area contributed by atoms with Gasteiger partial charge in [-0.3, -0.25) is 4.79 Å². The van der Waals surface area contributed by atoms with Gasteiger partial charge in [-0.15, -0.1) is 0 Å². The van der Waals surface area contributed by atoms with Gasteiger partial charge in [0.05, 0.1) is 21.8 Å². The lowest BCUT2D eigenvalue weighted by Gasteiger charge is -2.12. The van der Waals surface area contributed by atoms with E-state index >= 15 is 0 Å². The molecule has 0 aliphatic heterocycles. The third-order valence-electron chi connectivity index (χ3n) is 3.40. The molecule has 1 aromatic carbocycles. The van der Waals surface area contributed by atoms with Crippen molar-refractivity contribution in [3.8, 4) is 0 Å². The van der Waals surface area contributed by atoms with Gasteiger partial charge in [0, 0.05) is 12.7 Å². The maximum Gasteiger partial charge on any atom is 0.416 e. The smallest absolute Gasteiger partial charge is 0.352 e. The summed E-state index contributed by atoms with van der Waals surface area (Å²) in [4.78, 5) is 15.9. The molecule has 0 radical (unpaired) electrons. The highest BCUT2D eigenvalue weighted by Gasteiger charge is 2.31. The lowest BCUT2D eigenvalue weighted by atomic mass is 10.2. The summed E-state index contributed by atoms with van der Waals surface area (Å²) in [5, 5.41) is 5.62. The normalized spacial score (nSPS) is 11.2. The highest BCUT2D eigenvalue weighted by atomic mass is 35.5. The van der Waals surface area contributed by atoms with Gasteiger partial charge in [-0.1, -0.05) is 24.9 Å². The van der Waals surface area contributed by atoms with Crippen LogP contribution in [0.25, 0.3) is 0 Å². The van der Waals surface area contributed by atoms with Gasteiger partial charge in [0.1, 0.15) is 5.82 Å². The highest BCUT2D eigenvalue weighted by molar-refractivity contribution is 6.33. The van der Waals surface area contributed by atoms with Gasteiger partial charge >= 0.3 is 6.18 Å². The second-order valence-electron chi connectivity index (χ2n) is 5.36. The molecule has 1 amide bonds. The minimum Gasteiger partial charge on any atom is -0.352 e. The summed E-state index contributed by atoms with van der Waals surface area (Å²) < 4.78 is 38.3. The van der Waals surface area contributed by atoms with Gasteiger partial charge in [-0.25, -0.2) is 4.98 Å². The fraction of sp³-hybridized carbons (Fsp3) is 0.294. The Labute approximate surface area is 148 Å². The van der Waals surface area contributed by atoms with Crippen LogP contribution in [0, 0.1) is 0 Å². The Hall–Kier alpha value is -2.28. The molecule has 25 heavy (non-hydrogen) atoms. The van der Waals surface area contributed by atoms with E-state index in [2.05, 4.69) is 15.6 Å². The number of nitrogens with one attached hydrogen (secondary N) is 2. The quantitative estimate of drug-likeness (QED) is 0.700. The van der Waals surface area contributed by atoms with Gasteiger partial charge in [0.25, 0.3) is 5.91 Å². The molecule has 2 aromatic rings. The first-order valence-electron chi connectivity index (χ1n) is 7.69. The molecule has 0 bridgehead atoms. The predicted octanol–water partition coefficient (Wildman–Crippen LogP) is 5.03. The van der Waals surface area contributed by atoms with Crippen LogP contribution in [0.3, 0.4) is 0 Å². The van der Waals surface area contributed by atoms with Crippen molar-refractivity contribution in [2.45, 2.75) is 25.9 Å². The van der Waals surface area contributed by atoms with Gasteiger partial charge in [-0.2, -0.15) is 13.2 Å². The molecular weight excluding hydrogens is 355 g/mol. The van der Waals surface area contributed by atoms with E-state index in [0.29, 0.717) is 12.1 Å². The summed E-state index contributed by atoms with van der Waals surface area (Å²) in [6.07, 6.45) is -1.26. The zero-order valence-corrected chi connectivity index (χ0v) is 14.2. The van der Waals surface area contributed by atoms with Crippen LogP contribution in [0.4, 0.5) is 24.7 Å². The number of rotatable bonds is 6. The van der Waals surface area contributed by atoms with Gasteiger partial charge in [0.2, 0.25) is 0 Å². The number of benzene rings is 1. The van der Waals surface area contributed by atoms with E-state index in [9.17, 15) is 18.0 Å². The van der Waals surface area contributed by atoms with Crippen LogP contribution in [-0.4, -0.2) is 17.4 Å². The standard InChI is InChI=1S/C17H17ClF3N3O/c1-2-3-8-22-16(25)11-4-7-15(23-10-11)24-14-9-12(17(19,20)21)5-6-13(14)18/h4-7,9-10H,2-3,8H2,1H3,(H,22,25)(H,23,24). The lowest BCUT2D eigenvalue weighted by molar-refractivity contribution is -0.137. The molecular formula is C17H17ClF3N3O. The molecule has 4 nitrogen and oxygen atoms in total. The summed E-state index contributed by atoms with van der Waals surface area (Å²) in [6.45, 7) is 2.60. The highest BCUT2D eigenvalue weighted by Crippen LogP contribution is 2.34. The molecule has 1 heterocycles. The topological polar surface area (TPSA) is 54.0 Å². The molecule has 0 saturated carbocycles. The number of carbonyl (C=O) groups is 1. The van der Waals surface area contributed by atoms with Crippen molar-refractivity contribution in [2.75, 3.05) is 11.9 Å². The predicted molar refractivity (Wildman–Crippen MR) is 91.2 cm³/mol. The van der Waals surface area contributed by atoms with Crippen LogP contribution in [-0.2, 0) is 6.18 Å². The monoisotopic (exact) mass is 371 g/mol. The van der Waals surface area contributed by atoms with E-state index in [4.69, 9.17) is 11.6 Å². The number of pyridine rings is 1. The Kier molecular flexibility index (Phi) is 6.25. The zero-order chi connectivity index (χ0) is 18.4. The number of anilines is 2. The van der Waals surface area contributed by atoms with Crippen molar-refractivity contribution in [1.29, 1.82) is 0 Å². The first kappa shape index (κ1) is 19.1. The number of nitrogens with zero attached hydrogens (tertiary/aromatic N) is 1. The van der Waals surface area contributed by atoms with Crippen molar-refractivity contribution in [3.63, 3.8) is 0 Å². The van der Waals surface area contributed by atoms with Crippen molar-refractivity contribution in [2.24, 2.45) is 0 Å². The van der Waals surface area contributed by atoms with Crippen molar-refractivity contribution < 1.29 is 18.0 Å². The van der Waals surface area contributed by atoms with E-state index in [1.807, 2.05) is 6.92 Å². The average Bonchev–Trinajstić information content (AvgIpc) is 2.56. The second kappa shape index (κ2) is 8.20. The van der Waals surface area contributed by atoms with Crippen LogP contribution in [0.5, 0.6) is 0 Å². The van der Waals surface area contributed by atoms with E-state index in [-0.39, 0.29) is 22.4 Å². The zero-order valence-electron chi connectivity index (χ0n) is 13.5. The Balaban J connectivity index is 2.10. The third kappa shape index (κ3) is 5.35. The second-order valence-corrected chi connectivity index (χ2v) is 5.77. The number of halogens is 4. The molecule has 0 unspecified atom stereocenters. The number of carbonyl (C=O) groups excluding carboxylic acids is 1. The van der Waals surface area contributed by atoms with Crippen LogP contribution in [0.2, 0.25) is 5.02 Å². The van der Waals surface area contributed by atoms with Crippen LogP contribution < -0.4 is 10.6 Å².